The van der Waals surface area contributed by atoms with Gasteiger partial charge >= 0.3 is 0 Å². The summed E-state index contributed by atoms with van der Waals surface area (Å²) < 4.78 is 0. The molecule has 1 N–H and O–H groups in total. The second-order valence-corrected chi connectivity index (χ2v) is 2.54. The van der Waals surface area contributed by atoms with Crippen molar-refractivity contribution in [3.05, 3.63) is 0 Å². The number of carbonyl (C=O) groups excluding carboxylic acids is 1. The van der Waals surface area contributed by atoms with Gasteiger partial charge in [0.25, 0.3) is 5.91 Å². The first-order valence-corrected chi connectivity index (χ1v) is 3.24. The molecule has 0 aromatic heterocycles. The van der Waals surface area contributed by atoms with Gasteiger partial charge in [0.05, 0.1) is 13.1 Å². The molecule has 0 bridgehead atoms. The number of nitrogens with zero attached hydrogens (tertiary/aromatic N) is 1. The van der Waals surface area contributed by atoms with Gasteiger partial charge in [-0.2, -0.15) is 0 Å². The first kappa shape index (κ1) is 7.50. The average Bonchev–Trinajstić information content (AvgIpc) is 1.79. The summed E-state index contributed by atoms with van der Waals surface area (Å²) in [7, 11) is 0. The van der Waals surface area contributed by atoms with Crippen molar-refractivity contribution < 1.29 is 15.0 Å². The molecule has 1 atom stereocenters. The molecule has 1 fully saturated rings. The van der Waals surface area contributed by atoms with Crippen LogP contribution in [0.1, 0.15) is 6.92 Å². The number of aliphatic hydroxyl groups excluding tert-OH is 1. The third-order valence-electron chi connectivity index (χ3n) is 1.52. The molecule has 0 saturated carbocycles. The fourth-order valence-electron chi connectivity index (χ4n) is 0.882. The van der Waals surface area contributed by atoms with E-state index in [9.17, 15) is 9.90 Å². The summed E-state index contributed by atoms with van der Waals surface area (Å²) >= 11 is 0. The molecule has 1 saturated heterocycles. The average molecular weight is 144 g/mol. The van der Waals surface area contributed by atoms with Crippen LogP contribution in [0.3, 0.4) is 0 Å². The fourth-order valence-corrected chi connectivity index (χ4v) is 0.882. The van der Waals surface area contributed by atoms with Crippen molar-refractivity contribution in [1.82, 2.24) is 4.90 Å². The Labute approximate surface area is 59.1 Å². The van der Waals surface area contributed by atoms with Crippen LogP contribution >= 0.6 is 0 Å². The normalized spacial score (nSPS) is 22.1. The van der Waals surface area contributed by atoms with Gasteiger partial charge in [0.1, 0.15) is 12.2 Å². The maximum Gasteiger partial charge on any atom is 0.251 e. The van der Waals surface area contributed by atoms with E-state index < -0.39 is 12.2 Å². The predicted octanol–water partition coefficient (Wildman–Crippen LogP) is -0.992. The van der Waals surface area contributed by atoms with Crippen molar-refractivity contribution in [2.24, 2.45) is 0 Å². The van der Waals surface area contributed by atoms with E-state index >= 15 is 0 Å². The molecule has 4 nitrogen and oxygen atoms in total. The van der Waals surface area contributed by atoms with Crippen molar-refractivity contribution in [3.8, 4) is 0 Å². The number of hydrogen-bond acceptors (Lipinski definition) is 2. The molecule has 0 aromatic rings. The molecule has 1 aliphatic heterocycles. The molecule has 1 heterocycles. The summed E-state index contributed by atoms with van der Waals surface area (Å²) in [6.07, 6.45) is -1.60. The van der Waals surface area contributed by atoms with Crippen LogP contribution < -0.4 is 0 Å². The molecule has 0 spiro atoms. The SMILES string of the molecule is CC(O)C(=O)N1CC([O])C1. The first-order chi connectivity index (χ1) is 4.61. The second kappa shape index (κ2) is 2.56. The van der Waals surface area contributed by atoms with Crippen molar-refractivity contribution in [2.75, 3.05) is 13.1 Å². The Kier molecular flexibility index (Phi) is 1.92. The molecule has 1 aliphatic rings. The van der Waals surface area contributed by atoms with Crippen LogP contribution in [0.25, 0.3) is 0 Å². The molecule has 0 aromatic carbocycles. The first-order valence-electron chi connectivity index (χ1n) is 3.24. The quantitative estimate of drug-likeness (QED) is 0.513. The summed E-state index contributed by atoms with van der Waals surface area (Å²) in [4.78, 5) is 12.2. The van der Waals surface area contributed by atoms with Crippen LogP contribution in [0, 0.1) is 0 Å². The van der Waals surface area contributed by atoms with Gasteiger partial charge in [0.2, 0.25) is 0 Å². The summed E-state index contributed by atoms with van der Waals surface area (Å²) in [6.45, 7) is 1.91. The highest BCUT2D eigenvalue weighted by Gasteiger charge is 2.31. The van der Waals surface area contributed by atoms with E-state index in [0.29, 0.717) is 0 Å². The van der Waals surface area contributed by atoms with Crippen LogP contribution in [0.4, 0.5) is 0 Å². The minimum atomic E-state index is -0.965. The molecular formula is C6H10NO3. The Balaban J connectivity index is 2.31. The molecule has 1 radical (unpaired) electrons. The van der Waals surface area contributed by atoms with E-state index in [-0.39, 0.29) is 19.0 Å². The van der Waals surface area contributed by atoms with E-state index in [1.54, 1.807) is 0 Å². The highest BCUT2D eigenvalue weighted by atomic mass is 16.3. The number of carbonyl (C=O) groups is 1. The zero-order valence-corrected chi connectivity index (χ0v) is 5.78. The number of hydrogen-bond donors (Lipinski definition) is 1. The maximum atomic E-state index is 10.8. The Bertz CT molecular complexity index is 140. The second-order valence-electron chi connectivity index (χ2n) is 2.54. The highest BCUT2D eigenvalue weighted by Crippen LogP contribution is 2.08. The molecular weight excluding hydrogens is 134 g/mol. The molecule has 57 valence electrons. The Morgan fingerprint density at radius 2 is 2.20 bits per heavy atom. The highest BCUT2D eigenvalue weighted by molar-refractivity contribution is 5.81. The molecule has 4 heteroatoms. The molecule has 0 aliphatic carbocycles. The zero-order chi connectivity index (χ0) is 7.72. The van der Waals surface area contributed by atoms with E-state index in [4.69, 9.17) is 5.11 Å². The van der Waals surface area contributed by atoms with Crippen LogP contribution in [0.5, 0.6) is 0 Å². The molecule has 1 rings (SSSR count). The summed E-state index contributed by atoms with van der Waals surface area (Å²) in [5.74, 6) is -0.341. The Morgan fingerprint density at radius 3 is 2.50 bits per heavy atom. The Hall–Kier alpha value is -0.610. The smallest absolute Gasteiger partial charge is 0.251 e. The van der Waals surface area contributed by atoms with Crippen molar-refractivity contribution in [2.45, 2.75) is 19.1 Å². The van der Waals surface area contributed by atoms with Gasteiger partial charge in [-0.15, -0.1) is 0 Å². The molecule has 10 heavy (non-hydrogen) atoms. The number of likely N-dealkylation sites (tertiary alicyclic amines) is 1. The number of rotatable bonds is 1. The fraction of sp³-hybridized carbons (Fsp3) is 0.833. The van der Waals surface area contributed by atoms with Crippen LogP contribution in [0.2, 0.25) is 0 Å². The third kappa shape index (κ3) is 1.27. The van der Waals surface area contributed by atoms with Gasteiger partial charge in [-0.25, -0.2) is 5.11 Å². The van der Waals surface area contributed by atoms with Gasteiger partial charge in [0, 0.05) is 0 Å². The molecule has 1 amide bonds. The predicted molar refractivity (Wildman–Crippen MR) is 32.7 cm³/mol. The number of aliphatic hydroxyl groups is 1. The van der Waals surface area contributed by atoms with Crippen molar-refractivity contribution >= 4 is 5.91 Å². The topological polar surface area (TPSA) is 60.4 Å². The van der Waals surface area contributed by atoms with E-state index in [1.807, 2.05) is 0 Å². The van der Waals surface area contributed by atoms with Gasteiger partial charge < -0.3 is 10.0 Å². The third-order valence-corrected chi connectivity index (χ3v) is 1.52. The minimum absolute atomic E-state index is 0.254. The lowest BCUT2D eigenvalue weighted by Gasteiger charge is -2.35. The van der Waals surface area contributed by atoms with Crippen molar-refractivity contribution in [1.29, 1.82) is 0 Å². The van der Waals surface area contributed by atoms with Gasteiger partial charge in [-0.3, -0.25) is 4.79 Å². The van der Waals surface area contributed by atoms with E-state index in [0.717, 1.165) is 0 Å². The van der Waals surface area contributed by atoms with E-state index in [2.05, 4.69) is 0 Å². The van der Waals surface area contributed by atoms with Crippen LogP contribution in [0.15, 0.2) is 0 Å². The summed E-state index contributed by atoms with van der Waals surface area (Å²) in [6, 6.07) is 0. The van der Waals surface area contributed by atoms with Gasteiger partial charge in [-0.1, -0.05) is 0 Å². The lowest BCUT2D eigenvalue weighted by atomic mass is 10.1. The van der Waals surface area contributed by atoms with Crippen LogP contribution in [-0.4, -0.2) is 41.2 Å². The lowest BCUT2D eigenvalue weighted by Crippen LogP contribution is -2.55. The summed E-state index contributed by atoms with van der Waals surface area (Å²) in [5, 5.41) is 19.2. The maximum absolute atomic E-state index is 10.8. The van der Waals surface area contributed by atoms with Crippen molar-refractivity contribution in [3.63, 3.8) is 0 Å². The van der Waals surface area contributed by atoms with Crippen LogP contribution in [-0.2, 0) is 9.90 Å². The Morgan fingerprint density at radius 1 is 1.70 bits per heavy atom. The largest absolute Gasteiger partial charge is 0.384 e. The molecule has 1 unspecified atom stereocenters. The lowest BCUT2D eigenvalue weighted by molar-refractivity contribution is -0.152. The van der Waals surface area contributed by atoms with Gasteiger partial charge in [0.15, 0.2) is 0 Å². The summed E-state index contributed by atoms with van der Waals surface area (Å²) in [5.41, 5.74) is 0. The monoisotopic (exact) mass is 144 g/mol. The minimum Gasteiger partial charge on any atom is -0.384 e. The van der Waals surface area contributed by atoms with Gasteiger partial charge in [-0.05, 0) is 6.92 Å². The zero-order valence-electron chi connectivity index (χ0n) is 5.78. The standard InChI is InChI=1S/C6H10NO3/c1-4(8)6(10)7-2-5(9)3-7/h4-5,8H,2-3H2,1H3. The number of amides is 1. The van der Waals surface area contributed by atoms with E-state index in [1.165, 1.54) is 11.8 Å².